The number of rotatable bonds is 3. The molecule has 8 nitrogen and oxygen atoms in total. The molecule has 0 aromatic carbocycles. The van der Waals surface area contributed by atoms with Gasteiger partial charge in [-0.1, -0.05) is 0 Å². The summed E-state index contributed by atoms with van der Waals surface area (Å²) in [6.07, 6.45) is 6.55. The lowest BCUT2D eigenvalue weighted by Crippen LogP contribution is -2.22. The molecule has 0 radical (unpaired) electrons. The maximum Gasteiger partial charge on any atom is 0.222 e. The van der Waals surface area contributed by atoms with Crippen LogP contribution in [0.1, 0.15) is 25.1 Å². The van der Waals surface area contributed by atoms with Gasteiger partial charge in [0, 0.05) is 44.7 Å². The monoisotopic (exact) mass is 325 g/mol. The average molecular weight is 325 g/mol. The Morgan fingerprint density at radius 1 is 1.33 bits per heavy atom. The van der Waals surface area contributed by atoms with Crippen LogP contribution in [0.3, 0.4) is 0 Å². The highest BCUT2D eigenvalue weighted by atomic mass is 16.1. The van der Waals surface area contributed by atoms with Crippen molar-refractivity contribution in [2.24, 2.45) is 0 Å². The van der Waals surface area contributed by atoms with Crippen molar-refractivity contribution in [2.45, 2.75) is 26.3 Å². The van der Waals surface area contributed by atoms with Gasteiger partial charge in [0.15, 0.2) is 11.6 Å². The van der Waals surface area contributed by atoms with Crippen molar-refractivity contribution in [1.82, 2.24) is 24.4 Å². The summed E-state index contributed by atoms with van der Waals surface area (Å²) < 4.78 is 3.79. The molecule has 8 heteroatoms. The Hall–Kier alpha value is -2.90. The second-order valence-electron chi connectivity index (χ2n) is 6.12. The van der Waals surface area contributed by atoms with Crippen LogP contribution in [0, 0.1) is 6.92 Å². The number of anilines is 2. The van der Waals surface area contributed by atoms with E-state index >= 15 is 0 Å². The van der Waals surface area contributed by atoms with Crippen LogP contribution in [0.2, 0.25) is 0 Å². The van der Waals surface area contributed by atoms with Gasteiger partial charge >= 0.3 is 0 Å². The molecule has 124 valence electrons. The Bertz CT molecular complexity index is 897. The molecule has 24 heavy (non-hydrogen) atoms. The lowest BCUT2D eigenvalue weighted by Gasteiger charge is -2.18. The van der Waals surface area contributed by atoms with E-state index in [2.05, 4.69) is 31.5 Å². The van der Waals surface area contributed by atoms with Crippen LogP contribution < -0.4 is 10.2 Å². The van der Waals surface area contributed by atoms with Gasteiger partial charge in [-0.05, 0) is 19.4 Å². The molecule has 1 aliphatic heterocycles. The predicted octanol–water partition coefficient (Wildman–Crippen LogP) is 1.64. The van der Waals surface area contributed by atoms with Gasteiger partial charge in [-0.2, -0.15) is 10.2 Å². The van der Waals surface area contributed by atoms with E-state index in [0.29, 0.717) is 5.82 Å². The first-order valence-corrected chi connectivity index (χ1v) is 7.99. The molecule has 1 saturated heterocycles. The number of carbonyl (C=O) groups excluding carboxylic acids is 1. The Balaban J connectivity index is 1.55. The Labute approximate surface area is 139 Å². The Morgan fingerprint density at radius 2 is 2.21 bits per heavy atom. The van der Waals surface area contributed by atoms with Gasteiger partial charge in [-0.25, -0.2) is 9.50 Å². The maximum atomic E-state index is 11.1. The third kappa shape index (κ3) is 2.60. The van der Waals surface area contributed by atoms with Crippen LogP contribution in [0.15, 0.2) is 30.7 Å². The van der Waals surface area contributed by atoms with Gasteiger partial charge < -0.3 is 10.2 Å². The highest BCUT2D eigenvalue weighted by Gasteiger charge is 2.27. The zero-order valence-electron chi connectivity index (χ0n) is 13.7. The zero-order valence-corrected chi connectivity index (χ0v) is 13.7. The molecule has 1 N–H and O–H groups in total. The minimum Gasteiger partial charge on any atom is -0.353 e. The third-order valence-corrected chi connectivity index (χ3v) is 4.24. The standard InChI is InChI=1S/C16H19N7O/c1-11-9-14-16(17-5-8-23(14)19-11)21-6-3-13(10-21)22-7-4-15(20-22)18-12(2)24/h4-5,7-9,13H,3,6,10H2,1-2H3,(H,18,20,24). The number of hydrogen-bond donors (Lipinski definition) is 1. The van der Waals surface area contributed by atoms with Gasteiger partial charge in [-0.3, -0.25) is 9.48 Å². The number of hydrogen-bond acceptors (Lipinski definition) is 5. The van der Waals surface area contributed by atoms with Gasteiger partial charge in [0.25, 0.3) is 0 Å². The second-order valence-corrected chi connectivity index (χ2v) is 6.12. The van der Waals surface area contributed by atoms with Gasteiger partial charge in [-0.15, -0.1) is 0 Å². The summed E-state index contributed by atoms with van der Waals surface area (Å²) in [7, 11) is 0. The molecular formula is C16H19N7O. The molecule has 0 bridgehead atoms. The van der Waals surface area contributed by atoms with Crippen molar-refractivity contribution in [1.29, 1.82) is 0 Å². The molecule has 1 aliphatic rings. The summed E-state index contributed by atoms with van der Waals surface area (Å²) >= 11 is 0. The maximum absolute atomic E-state index is 11.1. The number of nitrogens with one attached hydrogen (secondary N) is 1. The fraction of sp³-hybridized carbons (Fsp3) is 0.375. The number of fused-ring (bicyclic) bond motifs is 1. The van der Waals surface area contributed by atoms with E-state index < -0.39 is 0 Å². The molecular weight excluding hydrogens is 306 g/mol. The fourth-order valence-corrected chi connectivity index (χ4v) is 3.21. The van der Waals surface area contributed by atoms with E-state index in [1.165, 1.54) is 6.92 Å². The first-order chi connectivity index (χ1) is 11.6. The summed E-state index contributed by atoms with van der Waals surface area (Å²) in [5, 5.41) is 11.6. The first-order valence-electron chi connectivity index (χ1n) is 7.99. The predicted molar refractivity (Wildman–Crippen MR) is 90.1 cm³/mol. The van der Waals surface area contributed by atoms with Crippen molar-refractivity contribution in [3.05, 3.63) is 36.4 Å². The summed E-state index contributed by atoms with van der Waals surface area (Å²) in [6, 6.07) is 4.14. The Kier molecular flexibility index (Phi) is 3.44. The molecule has 0 saturated carbocycles. The molecule has 1 atom stereocenters. The van der Waals surface area contributed by atoms with Crippen molar-refractivity contribution in [3.63, 3.8) is 0 Å². The van der Waals surface area contributed by atoms with Crippen LogP contribution in [0.4, 0.5) is 11.6 Å². The van der Waals surface area contributed by atoms with E-state index in [-0.39, 0.29) is 11.9 Å². The van der Waals surface area contributed by atoms with E-state index in [4.69, 9.17) is 0 Å². The fourth-order valence-electron chi connectivity index (χ4n) is 3.21. The van der Waals surface area contributed by atoms with Gasteiger partial charge in [0.1, 0.15) is 5.52 Å². The van der Waals surface area contributed by atoms with E-state index in [9.17, 15) is 4.79 Å². The van der Waals surface area contributed by atoms with Crippen molar-refractivity contribution < 1.29 is 4.79 Å². The zero-order chi connectivity index (χ0) is 16.7. The second kappa shape index (κ2) is 5.63. The van der Waals surface area contributed by atoms with Crippen LogP contribution in [-0.4, -0.2) is 43.4 Å². The molecule has 1 unspecified atom stereocenters. The number of carbonyl (C=O) groups is 1. The van der Waals surface area contributed by atoms with Gasteiger partial charge in [0.05, 0.1) is 11.7 Å². The molecule has 1 fully saturated rings. The van der Waals surface area contributed by atoms with Crippen LogP contribution in [0.25, 0.3) is 5.52 Å². The summed E-state index contributed by atoms with van der Waals surface area (Å²) in [5.41, 5.74) is 2.00. The largest absolute Gasteiger partial charge is 0.353 e. The molecule has 4 heterocycles. The van der Waals surface area contributed by atoms with Crippen molar-refractivity contribution in [3.8, 4) is 0 Å². The minimum absolute atomic E-state index is 0.111. The molecule has 0 spiro atoms. The van der Waals surface area contributed by atoms with Gasteiger partial charge in [0.2, 0.25) is 5.91 Å². The topological polar surface area (TPSA) is 80.4 Å². The third-order valence-electron chi connectivity index (χ3n) is 4.24. The number of aryl methyl sites for hydroxylation is 1. The highest BCUT2D eigenvalue weighted by molar-refractivity contribution is 5.87. The molecule has 3 aromatic heterocycles. The van der Waals surface area contributed by atoms with Crippen molar-refractivity contribution in [2.75, 3.05) is 23.3 Å². The van der Waals surface area contributed by atoms with E-state index in [1.807, 2.05) is 34.6 Å². The summed E-state index contributed by atoms with van der Waals surface area (Å²) in [5.74, 6) is 1.43. The van der Waals surface area contributed by atoms with Crippen LogP contribution >= 0.6 is 0 Å². The quantitative estimate of drug-likeness (QED) is 0.792. The molecule has 1 amide bonds. The lowest BCUT2D eigenvalue weighted by molar-refractivity contribution is -0.114. The van der Waals surface area contributed by atoms with E-state index in [0.717, 1.165) is 36.5 Å². The number of nitrogens with zero attached hydrogens (tertiary/aromatic N) is 6. The minimum atomic E-state index is -0.111. The van der Waals surface area contributed by atoms with E-state index in [1.54, 1.807) is 6.20 Å². The van der Waals surface area contributed by atoms with Crippen LogP contribution in [-0.2, 0) is 4.79 Å². The van der Waals surface area contributed by atoms with Crippen LogP contribution in [0.5, 0.6) is 0 Å². The summed E-state index contributed by atoms with van der Waals surface area (Å²) in [4.78, 5) is 17.9. The first kappa shape index (κ1) is 14.7. The average Bonchev–Trinajstić information content (AvgIpc) is 3.23. The normalized spacial score (nSPS) is 17.6. The number of aromatic nitrogens is 5. The molecule has 4 rings (SSSR count). The lowest BCUT2D eigenvalue weighted by atomic mass is 10.3. The number of amides is 1. The molecule has 0 aliphatic carbocycles. The summed E-state index contributed by atoms with van der Waals surface area (Å²) in [6.45, 7) is 5.21. The van der Waals surface area contributed by atoms with Crippen molar-refractivity contribution >= 4 is 23.1 Å². The smallest absolute Gasteiger partial charge is 0.222 e. The SMILES string of the molecule is CC(=O)Nc1ccn(C2CCN(c3nccn4nc(C)cc34)C2)n1. The molecule has 3 aromatic rings. The Morgan fingerprint density at radius 3 is 3.04 bits per heavy atom. The highest BCUT2D eigenvalue weighted by Crippen LogP contribution is 2.28.